The molecular weight excluding hydrogens is 456 g/mol. The van der Waals surface area contributed by atoms with Crippen molar-refractivity contribution in [3.63, 3.8) is 0 Å². The first kappa shape index (κ1) is 25.4. The van der Waals surface area contributed by atoms with E-state index >= 15 is 0 Å². The van der Waals surface area contributed by atoms with Crippen molar-refractivity contribution in [1.29, 1.82) is 0 Å². The first-order valence-electron chi connectivity index (χ1n) is 12.5. The Morgan fingerprint density at radius 1 is 1.19 bits per heavy atom. The van der Waals surface area contributed by atoms with Gasteiger partial charge in [0, 0.05) is 36.9 Å². The van der Waals surface area contributed by atoms with Crippen molar-refractivity contribution in [1.82, 2.24) is 14.5 Å². The second-order valence-electron chi connectivity index (χ2n) is 9.17. The number of hydrogen-bond acceptors (Lipinski definition) is 5. The van der Waals surface area contributed by atoms with Crippen LogP contribution in [0.4, 0.5) is 5.95 Å². The van der Waals surface area contributed by atoms with Crippen LogP contribution in [0.3, 0.4) is 0 Å². The van der Waals surface area contributed by atoms with Crippen LogP contribution in [0, 0.1) is 5.92 Å². The summed E-state index contributed by atoms with van der Waals surface area (Å²) in [5.74, 6) is 0.508. The molecule has 1 fully saturated rings. The van der Waals surface area contributed by atoms with Crippen LogP contribution in [0.1, 0.15) is 33.6 Å². The summed E-state index contributed by atoms with van der Waals surface area (Å²) in [6.45, 7) is 7.20. The van der Waals surface area contributed by atoms with E-state index in [0.717, 1.165) is 35.5 Å². The predicted octanol–water partition coefficient (Wildman–Crippen LogP) is 4.54. The molecule has 36 heavy (non-hydrogen) atoms. The third kappa shape index (κ3) is 6.31. The van der Waals surface area contributed by atoms with Crippen LogP contribution in [-0.4, -0.2) is 58.7 Å². The van der Waals surface area contributed by atoms with Crippen LogP contribution in [0.25, 0.3) is 16.9 Å². The first-order chi connectivity index (χ1) is 17.4. The number of carbonyl (C=O) groups excluding carboxylic acids is 2. The summed E-state index contributed by atoms with van der Waals surface area (Å²) in [7, 11) is 0. The lowest BCUT2D eigenvalue weighted by Crippen LogP contribution is -2.44. The van der Waals surface area contributed by atoms with Gasteiger partial charge in [-0.3, -0.25) is 19.5 Å². The second-order valence-corrected chi connectivity index (χ2v) is 9.17. The maximum absolute atomic E-state index is 13.2. The topological polar surface area (TPSA) is 85.7 Å². The van der Waals surface area contributed by atoms with E-state index < -0.39 is 0 Å². The molecule has 1 aromatic heterocycles. The van der Waals surface area contributed by atoms with Gasteiger partial charge < -0.3 is 14.4 Å². The van der Waals surface area contributed by atoms with Crippen LogP contribution in [-0.2, 0) is 14.3 Å². The Morgan fingerprint density at radius 2 is 2.00 bits per heavy atom. The lowest BCUT2D eigenvalue weighted by Gasteiger charge is -2.26. The SMILES string of the molecule is CCOc1cccc(-n2cc(-c3ccccc3)nc2NC(=O)CN(CC2CCCO2)C(=O)C(C)C)c1. The molecule has 3 aromatic rings. The minimum Gasteiger partial charge on any atom is -0.494 e. The molecule has 0 aliphatic carbocycles. The standard InChI is InChI=1S/C28H34N4O4/c1-4-35-23-13-8-12-22(16-23)32-18-25(21-10-6-5-7-11-21)29-28(32)30-26(33)19-31(27(34)20(2)3)17-24-14-9-15-36-24/h5-8,10-13,16,18,20,24H,4,9,14-15,17,19H2,1-3H3,(H,29,30,33). The van der Waals surface area contributed by atoms with Crippen LogP contribution >= 0.6 is 0 Å². The normalized spacial score (nSPS) is 15.2. The Labute approximate surface area is 212 Å². The third-order valence-corrected chi connectivity index (χ3v) is 6.02. The fourth-order valence-electron chi connectivity index (χ4n) is 4.27. The molecule has 0 spiro atoms. The van der Waals surface area contributed by atoms with Gasteiger partial charge >= 0.3 is 0 Å². The van der Waals surface area contributed by atoms with E-state index in [9.17, 15) is 9.59 Å². The van der Waals surface area contributed by atoms with Crippen LogP contribution in [0.5, 0.6) is 5.75 Å². The van der Waals surface area contributed by atoms with Gasteiger partial charge in [0.2, 0.25) is 17.8 Å². The van der Waals surface area contributed by atoms with Crippen molar-refractivity contribution >= 4 is 17.8 Å². The zero-order chi connectivity index (χ0) is 25.5. The number of anilines is 1. The minimum absolute atomic E-state index is 0.0338. The Balaban J connectivity index is 1.60. The Morgan fingerprint density at radius 3 is 2.69 bits per heavy atom. The van der Waals surface area contributed by atoms with Crippen molar-refractivity contribution in [2.24, 2.45) is 5.92 Å². The lowest BCUT2D eigenvalue weighted by molar-refractivity contribution is -0.139. The summed E-state index contributed by atoms with van der Waals surface area (Å²) in [6.07, 6.45) is 3.72. The zero-order valence-electron chi connectivity index (χ0n) is 21.1. The number of hydrogen-bond donors (Lipinski definition) is 1. The quantitative estimate of drug-likeness (QED) is 0.451. The number of amides is 2. The number of nitrogens with one attached hydrogen (secondary N) is 1. The molecule has 8 heteroatoms. The largest absolute Gasteiger partial charge is 0.494 e. The van der Waals surface area contributed by atoms with Gasteiger partial charge in [-0.2, -0.15) is 0 Å². The Hall–Kier alpha value is -3.65. The molecule has 0 radical (unpaired) electrons. The number of aromatic nitrogens is 2. The molecule has 1 unspecified atom stereocenters. The van der Waals surface area contributed by atoms with Gasteiger partial charge in [0.05, 0.1) is 24.1 Å². The number of imidazole rings is 1. The summed E-state index contributed by atoms with van der Waals surface area (Å²) in [6, 6.07) is 17.4. The smallest absolute Gasteiger partial charge is 0.246 e. The van der Waals surface area contributed by atoms with Crippen LogP contribution in [0.2, 0.25) is 0 Å². The van der Waals surface area contributed by atoms with E-state index in [2.05, 4.69) is 5.32 Å². The number of nitrogens with zero attached hydrogens (tertiary/aromatic N) is 3. The summed E-state index contributed by atoms with van der Waals surface area (Å²) < 4.78 is 13.2. The van der Waals surface area contributed by atoms with Gasteiger partial charge in [-0.05, 0) is 31.9 Å². The van der Waals surface area contributed by atoms with E-state index in [0.29, 0.717) is 25.7 Å². The number of carbonyl (C=O) groups is 2. The van der Waals surface area contributed by atoms with Gasteiger partial charge in [0.1, 0.15) is 12.3 Å². The fraction of sp³-hybridized carbons (Fsp3) is 0.393. The van der Waals surface area contributed by atoms with Crippen LogP contribution < -0.4 is 10.1 Å². The maximum Gasteiger partial charge on any atom is 0.246 e. The average molecular weight is 491 g/mol. The molecule has 1 saturated heterocycles. The lowest BCUT2D eigenvalue weighted by atomic mass is 10.1. The molecule has 1 aliphatic rings. The summed E-state index contributed by atoms with van der Waals surface area (Å²) in [4.78, 5) is 32.4. The summed E-state index contributed by atoms with van der Waals surface area (Å²) in [5.41, 5.74) is 2.46. The highest BCUT2D eigenvalue weighted by molar-refractivity contribution is 5.94. The molecule has 1 aliphatic heterocycles. The van der Waals surface area contributed by atoms with E-state index in [1.807, 2.05) is 86.1 Å². The molecular formula is C28H34N4O4. The van der Waals surface area contributed by atoms with E-state index in [4.69, 9.17) is 14.5 Å². The van der Waals surface area contributed by atoms with Gasteiger partial charge in [-0.15, -0.1) is 0 Å². The Bertz CT molecular complexity index is 1170. The fourth-order valence-corrected chi connectivity index (χ4v) is 4.27. The molecule has 190 valence electrons. The molecule has 1 atom stereocenters. The molecule has 2 heterocycles. The van der Waals surface area contributed by atoms with Crippen molar-refractivity contribution in [2.45, 2.75) is 39.7 Å². The second kappa shape index (κ2) is 11.9. The van der Waals surface area contributed by atoms with Crippen molar-refractivity contribution in [2.75, 3.05) is 31.6 Å². The summed E-state index contributed by atoms with van der Waals surface area (Å²) >= 11 is 0. The predicted molar refractivity (Wildman–Crippen MR) is 139 cm³/mol. The monoisotopic (exact) mass is 490 g/mol. The highest BCUT2D eigenvalue weighted by atomic mass is 16.5. The number of ether oxygens (including phenoxy) is 2. The molecule has 8 nitrogen and oxygen atoms in total. The average Bonchev–Trinajstić information content (AvgIpc) is 3.54. The summed E-state index contributed by atoms with van der Waals surface area (Å²) in [5, 5.41) is 2.94. The zero-order valence-corrected chi connectivity index (χ0v) is 21.1. The molecule has 4 rings (SSSR count). The van der Waals surface area contributed by atoms with Gasteiger partial charge in [0.15, 0.2) is 0 Å². The third-order valence-electron chi connectivity index (χ3n) is 6.02. The molecule has 2 aromatic carbocycles. The molecule has 0 bridgehead atoms. The van der Waals surface area contributed by atoms with E-state index in [-0.39, 0.29) is 30.4 Å². The Kier molecular flexibility index (Phi) is 8.38. The molecule has 2 amide bonds. The van der Waals surface area contributed by atoms with Crippen LogP contribution in [0.15, 0.2) is 60.8 Å². The minimum atomic E-state index is -0.311. The van der Waals surface area contributed by atoms with Gasteiger partial charge in [-0.25, -0.2) is 4.98 Å². The van der Waals surface area contributed by atoms with Crippen molar-refractivity contribution in [3.05, 3.63) is 60.8 Å². The van der Waals surface area contributed by atoms with E-state index in [1.54, 1.807) is 4.90 Å². The first-order valence-corrected chi connectivity index (χ1v) is 12.5. The highest BCUT2D eigenvalue weighted by Gasteiger charge is 2.26. The van der Waals surface area contributed by atoms with E-state index in [1.165, 1.54) is 0 Å². The van der Waals surface area contributed by atoms with Crippen molar-refractivity contribution < 1.29 is 19.1 Å². The maximum atomic E-state index is 13.2. The highest BCUT2D eigenvalue weighted by Crippen LogP contribution is 2.26. The van der Waals surface area contributed by atoms with Gasteiger partial charge in [0.25, 0.3) is 0 Å². The van der Waals surface area contributed by atoms with Gasteiger partial charge in [-0.1, -0.05) is 50.2 Å². The number of benzene rings is 2. The van der Waals surface area contributed by atoms with Crippen molar-refractivity contribution in [3.8, 4) is 22.7 Å². The molecule has 0 saturated carbocycles. The number of rotatable bonds is 10. The molecule has 1 N–H and O–H groups in total.